The number of hydrogen-bond acceptors (Lipinski definition) is 2. The molecule has 0 radical (unpaired) electrons. The molecule has 3 heteroatoms. The highest BCUT2D eigenvalue weighted by molar-refractivity contribution is 5.85. The molecule has 0 aromatic heterocycles. The van der Waals surface area contributed by atoms with Gasteiger partial charge in [0.15, 0.2) is 0 Å². The molecule has 1 amide bonds. The van der Waals surface area contributed by atoms with E-state index in [1.165, 1.54) is 19.3 Å². The van der Waals surface area contributed by atoms with E-state index < -0.39 is 5.54 Å². The van der Waals surface area contributed by atoms with Crippen molar-refractivity contribution in [1.82, 2.24) is 5.32 Å². The lowest BCUT2D eigenvalue weighted by Gasteiger charge is -2.24. The molecule has 3 N–H and O–H groups in total. The number of rotatable bonds is 4. The first-order chi connectivity index (χ1) is 6.97. The van der Waals surface area contributed by atoms with Gasteiger partial charge < -0.3 is 11.1 Å². The zero-order valence-corrected chi connectivity index (χ0v) is 10.2. The molecule has 3 atom stereocenters. The highest BCUT2D eigenvalue weighted by Gasteiger charge is 2.28. The standard InChI is InChI=1S/C12H24N2O/c1-4-12(3,13)11(15)14-8-10-7-5-6-9(10)2/h9-10H,4-8,13H2,1-3H3,(H,14,15). The quantitative estimate of drug-likeness (QED) is 0.744. The van der Waals surface area contributed by atoms with Gasteiger partial charge in [-0.25, -0.2) is 0 Å². The molecule has 88 valence electrons. The van der Waals surface area contributed by atoms with Crippen molar-refractivity contribution in [2.45, 2.75) is 52.0 Å². The number of carbonyl (C=O) groups is 1. The normalized spacial score (nSPS) is 29.9. The van der Waals surface area contributed by atoms with E-state index in [2.05, 4.69) is 12.2 Å². The highest BCUT2D eigenvalue weighted by atomic mass is 16.2. The SMILES string of the molecule is CCC(C)(N)C(=O)NCC1CCCC1C. The van der Waals surface area contributed by atoms with Gasteiger partial charge in [0.1, 0.15) is 0 Å². The Bertz CT molecular complexity index is 226. The molecule has 0 bridgehead atoms. The van der Waals surface area contributed by atoms with Crippen LogP contribution in [0.5, 0.6) is 0 Å². The Morgan fingerprint density at radius 3 is 2.67 bits per heavy atom. The van der Waals surface area contributed by atoms with E-state index >= 15 is 0 Å². The number of amides is 1. The molecule has 0 spiro atoms. The molecule has 1 fully saturated rings. The third-order valence-electron chi connectivity index (χ3n) is 3.82. The van der Waals surface area contributed by atoms with Crippen molar-refractivity contribution in [2.75, 3.05) is 6.54 Å². The average Bonchev–Trinajstić information content (AvgIpc) is 2.60. The fourth-order valence-electron chi connectivity index (χ4n) is 2.11. The lowest BCUT2D eigenvalue weighted by atomic mass is 9.96. The first kappa shape index (κ1) is 12.5. The molecule has 1 saturated carbocycles. The molecule has 0 aliphatic heterocycles. The van der Waals surface area contributed by atoms with E-state index in [1.54, 1.807) is 6.92 Å². The Morgan fingerprint density at radius 1 is 1.53 bits per heavy atom. The van der Waals surface area contributed by atoms with E-state index in [9.17, 15) is 4.79 Å². The van der Waals surface area contributed by atoms with E-state index in [0.29, 0.717) is 12.3 Å². The Kier molecular flexibility index (Phi) is 4.14. The summed E-state index contributed by atoms with van der Waals surface area (Å²) < 4.78 is 0. The van der Waals surface area contributed by atoms with Gasteiger partial charge in [0, 0.05) is 6.54 Å². The van der Waals surface area contributed by atoms with Gasteiger partial charge in [-0.05, 0) is 31.6 Å². The minimum absolute atomic E-state index is 0.0101. The van der Waals surface area contributed by atoms with Gasteiger partial charge in [-0.2, -0.15) is 0 Å². The number of hydrogen-bond donors (Lipinski definition) is 2. The van der Waals surface area contributed by atoms with E-state index in [4.69, 9.17) is 5.73 Å². The second kappa shape index (κ2) is 4.97. The zero-order valence-electron chi connectivity index (χ0n) is 10.2. The van der Waals surface area contributed by atoms with Crippen LogP contribution in [-0.2, 0) is 4.79 Å². The van der Waals surface area contributed by atoms with Gasteiger partial charge in [-0.3, -0.25) is 4.79 Å². The van der Waals surface area contributed by atoms with Crippen LogP contribution < -0.4 is 11.1 Å². The van der Waals surface area contributed by atoms with Crippen LogP contribution >= 0.6 is 0 Å². The summed E-state index contributed by atoms with van der Waals surface area (Å²) in [6, 6.07) is 0. The van der Waals surface area contributed by atoms with Crippen LogP contribution in [0.2, 0.25) is 0 Å². The van der Waals surface area contributed by atoms with Gasteiger partial charge in [0.2, 0.25) is 5.91 Å². The predicted molar refractivity (Wildman–Crippen MR) is 62.4 cm³/mol. The summed E-state index contributed by atoms with van der Waals surface area (Å²) in [5, 5.41) is 2.98. The van der Waals surface area contributed by atoms with Crippen molar-refractivity contribution in [2.24, 2.45) is 17.6 Å². The maximum absolute atomic E-state index is 11.7. The lowest BCUT2D eigenvalue weighted by molar-refractivity contribution is -0.126. The summed E-state index contributed by atoms with van der Waals surface area (Å²) >= 11 is 0. The third-order valence-corrected chi connectivity index (χ3v) is 3.82. The van der Waals surface area contributed by atoms with E-state index in [0.717, 1.165) is 12.5 Å². The fourth-order valence-corrected chi connectivity index (χ4v) is 2.11. The summed E-state index contributed by atoms with van der Waals surface area (Å²) in [5.41, 5.74) is 5.16. The molecule has 0 heterocycles. The van der Waals surface area contributed by atoms with Crippen molar-refractivity contribution in [1.29, 1.82) is 0 Å². The third kappa shape index (κ3) is 3.20. The maximum Gasteiger partial charge on any atom is 0.239 e. The average molecular weight is 212 g/mol. The van der Waals surface area contributed by atoms with Crippen molar-refractivity contribution < 1.29 is 4.79 Å². The van der Waals surface area contributed by atoms with Crippen LogP contribution in [0.3, 0.4) is 0 Å². The number of nitrogens with two attached hydrogens (primary N) is 1. The zero-order chi connectivity index (χ0) is 11.5. The Balaban J connectivity index is 2.34. The lowest BCUT2D eigenvalue weighted by Crippen LogP contribution is -2.52. The summed E-state index contributed by atoms with van der Waals surface area (Å²) in [5.74, 6) is 1.39. The molecule has 3 nitrogen and oxygen atoms in total. The summed E-state index contributed by atoms with van der Waals surface area (Å²) in [7, 11) is 0. The number of nitrogens with one attached hydrogen (secondary N) is 1. The summed E-state index contributed by atoms with van der Waals surface area (Å²) in [4.78, 5) is 11.7. The van der Waals surface area contributed by atoms with Crippen molar-refractivity contribution in [3.05, 3.63) is 0 Å². The predicted octanol–water partition coefficient (Wildman–Crippen LogP) is 1.67. The molecule has 1 rings (SSSR count). The second-order valence-electron chi connectivity index (χ2n) is 5.15. The molecular formula is C12H24N2O. The molecule has 1 aliphatic rings. The Morgan fingerprint density at radius 2 is 2.20 bits per heavy atom. The molecule has 0 aromatic rings. The Hall–Kier alpha value is -0.570. The minimum atomic E-state index is -0.707. The van der Waals surface area contributed by atoms with Crippen LogP contribution in [0.25, 0.3) is 0 Å². The topological polar surface area (TPSA) is 55.1 Å². The van der Waals surface area contributed by atoms with Crippen LogP contribution in [0, 0.1) is 11.8 Å². The van der Waals surface area contributed by atoms with Crippen LogP contribution in [0.1, 0.15) is 46.5 Å². The second-order valence-corrected chi connectivity index (χ2v) is 5.15. The first-order valence-electron chi connectivity index (χ1n) is 6.04. The van der Waals surface area contributed by atoms with Gasteiger partial charge in [-0.1, -0.05) is 26.7 Å². The van der Waals surface area contributed by atoms with Crippen LogP contribution in [0.15, 0.2) is 0 Å². The Labute approximate surface area is 92.8 Å². The summed E-state index contributed by atoms with van der Waals surface area (Å²) in [6.07, 6.45) is 4.53. The van der Waals surface area contributed by atoms with Crippen LogP contribution in [-0.4, -0.2) is 18.0 Å². The van der Waals surface area contributed by atoms with Crippen molar-refractivity contribution in [3.8, 4) is 0 Å². The maximum atomic E-state index is 11.7. The fraction of sp³-hybridized carbons (Fsp3) is 0.917. The molecule has 0 aromatic carbocycles. The minimum Gasteiger partial charge on any atom is -0.354 e. The van der Waals surface area contributed by atoms with Crippen molar-refractivity contribution >= 4 is 5.91 Å². The monoisotopic (exact) mass is 212 g/mol. The van der Waals surface area contributed by atoms with Gasteiger partial charge in [0.25, 0.3) is 0 Å². The van der Waals surface area contributed by atoms with Gasteiger partial charge in [-0.15, -0.1) is 0 Å². The molecular weight excluding hydrogens is 188 g/mol. The largest absolute Gasteiger partial charge is 0.354 e. The van der Waals surface area contributed by atoms with Crippen molar-refractivity contribution in [3.63, 3.8) is 0 Å². The smallest absolute Gasteiger partial charge is 0.239 e. The number of carbonyl (C=O) groups excluding carboxylic acids is 1. The highest BCUT2D eigenvalue weighted by Crippen LogP contribution is 2.30. The van der Waals surface area contributed by atoms with Crippen LogP contribution in [0.4, 0.5) is 0 Å². The molecule has 3 unspecified atom stereocenters. The van der Waals surface area contributed by atoms with Gasteiger partial charge >= 0.3 is 0 Å². The first-order valence-corrected chi connectivity index (χ1v) is 6.04. The summed E-state index contributed by atoms with van der Waals surface area (Å²) in [6.45, 7) is 6.80. The van der Waals surface area contributed by atoms with E-state index in [-0.39, 0.29) is 5.91 Å². The molecule has 1 aliphatic carbocycles. The van der Waals surface area contributed by atoms with E-state index in [1.807, 2.05) is 6.92 Å². The molecule has 15 heavy (non-hydrogen) atoms. The molecule has 0 saturated heterocycles. The van der Waals surface area contributed by atoms with Gasteiger partial charge in [0.05, 0.1) is 5.54 Å².